The van der Waals surface area contributed by atoms with Crippen molar-refractivity contribution in [2.24, 2.45) is 5.92 Å². The van der Waals surface area contributed by atoms with E-state index in [-0.39, 0.29) is 17.0 Å². The fourth-order valence-electron chi connectivity index (χ4n) is 1.06. The number of hydrogen-bond donors (Lipinski definition) is 0. The molecule has 1 aromatic rings. The highest BCUT2D eigenvalue weighted by molar-refractivity contribution is 7.85. The van der Waals surface area contributed by atoms with Crippen molar-refractivity contribution < 1.29 is 8.60 Å². The highest BCUT2D eigenvalue weighted by Gasteiger charge is 2.19. The summed E-state index contributed by atoms with van der Waals surface area (Å²) < 4.78 is 25.1. The van der Waals surface area contributed by atoms with Crippen LogP contribution in [-0.4, -0.2) is 9.46 Å². The maximum atomic E-state index is 13.3. The minimum Gasteiger partial charge on any atom is -0.254 e. The molecule has 0 bridgehead atoms. The van der Waals surface area contributed by atoms with Crippen LogP contribution in [0.3, 0.4) is 0 Å². The smallest absolute Gasteiger partial charge is 0.139 e. The lowest BCUT2D eigenvalue weighted by Crippen LogP contribution is -2.18. The van der Waals surface area contributed by atoms with Crippen molar-refractivity contribution in [3.05, 3.63) is 30.1 Å². The van der Waals surface area contributed by atoms with E-state index in [0.29, 0.717) is 4.90 Å². The molecule has 14 heavy (non-hydrogen) atoms. The van der Waals surface area contributed by atoms with Gasteiger partial charge in [0.1, 0.15) is 5.82 Å². The zero-order chi connectivity index (χ0) is 10.7. The van der Waals surface area contributed by atoms with Crippen molar-refractivity contribution in [2.75, 3.05) is 0 Å². The van der Waals surface area contributed by atoms with Crippen molar-refractivity contribution in [1.29, 1.82) is 0 Å². The van der Waals surface area contributed by atoms with Gasteiger partial charge >= 0.3 is 0 Å². The first-order valence-corrected chi connectivity index (χ1v) is 5.90. The SMILES string of the molecule is CC(C)C(C)S(=O)c1ccccc1F. The van der Waals surface area contributed by atoms with Crippen LogP contribution in [0.4, 0.5) is 4.39 Å². The lowest BCUT2D eigenvalue weighted by atomic mass is 10.2. The van der Waals surface area contributed by atoms with E-state index < -0.39 is 10.8 Å². The van der Waals surface area contributed by atoms with Gasteiger partial charge in [-0.1, -0.05) is 32.9 Å². The fraction of sp³-hybridized carbons (Fsp3) is 0.455. The molecule has 1 aromatic carbocycles. The van der Waals surface area contributed by atoms with Gasteiger partial charge in [0, 0.05) is 5.25 Å². The van der Waals surface area contributed by atoms with Crippen LogP contribution in [0.5, 0.6) is 0 Å². The molecule has 0 fully saturated rings. The molecule has 0 saturated heterocycles. The van der Waals surface area contributed by atoms with Crippen LogP contribution in [0.25, 0.3) is 0 Å². The van der Waals surface area contributed by atoms with E-state index in [1.165, 1.54) is 6.07 Å². The monoisotopic (exact) mass is 214 g/mol. The zero-order valence-corrected chi connectivity index (χ0v) is 9.48. The molecule has 1 rings (SSSR count). The number of hydrogen-bond acceptors (Lipinski definition) is 1. The third-order valence-corrected chi connectivity index (χ3v) is 4.31. The molecule has 0 heterocycles. The summed E-state index contributed by atoms with van der Waals surface area (Å²) in [6.45, 7) is 5.86. The molecule has 0 amide bonds. The van der Waals surface area contributed by atoms with Crippen LogP contribution in [0.15, 0.2) is 29.2 Å². The molecule has 0 N–H and O–H groups in total. The Morgan fingerprint density at radius 1 is 1.21 bits per heavy atom. The standard InChI is InChI=1S/C11H15FOS/c1-8(2)9(3)14(13)11-7-5-4-6-10(11)12/h4-9H,1-3H3. The maximum absolute atomic E-state index is 13.3. The van der Waals surface area contributed by atoms with Crippen LogP contribution >= 0.6 is 0 Å². The van der Waals surface area contributed by atoms with Gasteiger partial charge in [-0.2, -0.15) is 0 Å². The summed E-state index contributed by atoms with van der Waals surface area (Å²) in [5, 5.41) is -0.0214. The van der Waals surface area contributed by atoms with Crippen molar-refractivity contribution in [3.63, 3.8) is 0 Å². The Bertz CT molecular complexity index is 336. The van der Waals surface area contributed by atoms with E-state index >= 15 is 0 Å². The molecule has 1 nitrogen and oxygen atoms in total. The van der Waals surface area contributed by atoms with E-state index in [0.717, 1.165) is 0 Å². The van der Waals surface area contributed by atoms with Gasteiger partial charge in [0.15, 0.2) is 0 Å². The van der Waals surface area contributed by atoms with E-state index in [1.54, 1.807) is 18.2 Å². The minimum atomic E-state index is -1.24. The van der Waals surface area contributed by atoms with Crippen LogP contribution in [0.2, 0.25) is 0 Å². The third-order valence-electron chi connectivity index (χ3n) is 2.33. The summed E-state index contributed by atoms with van der Waals surface area (Å²) in [7, 11) is -1.24. The summed E-state index contributed by atoms with van der Waals surface area (Å²) in [5.41, 5.74) is 0. The number of rotatable bonds is 3. The van der Waals surface area contributed by atoms with Gasteiger partial charge in [-0.05, 0) is 18.1 Å². The van der Waals surface area contributed by atoms with E-state index in [9.17, 15) is 8.60 Å². The minimum absolute atomic E-state index is 0.0214. The number of halogens is 1. The first-order valence-electron chi connectivity index (χ1n) is 4.69. The molecule has 0 radical (unpaired) electrons. The van der Waals surface area contributed by atoms with Gasteiger partial charge in [0.2, 0.25) is 0 Å². The Morgan fingerprint density at radius 3 is 2.29 bits per heavy atom. The molecule has 0 spiro atoms. The second kappa shape index (κ2) is 4.69. The van der Waals surface area contributed by atoms with Gasteiger partial charge in [-0.25, -0.2) is 4.39 Å². The molecule has 78 valence electrons. The molecular formula is C11H15FOS. The molecular weight excluding hydrogens is 199 g/mol. The van der Waals surface area contributed by atoms with Gasteiger partial charge < -0.3 is 0 Å². The quantitative estimate of drug-likeness (QED) is 0.756. The van der Waals surface area contributed by atoms with E-state index in [1.807, 2.05) is 20.8 Å². The summed E-state index contributed by atoms with van der Waals surface area (Å²) in [6, 6.07) is 6.25. The highest BCUT2D eigenvalue weighted by Crippen LogP contribution is 2.19. The predicted octanol–water partition coefficient (Wildman–Crippen LogP) is 2.98. The molecule has 0 aromatic heterocycles. The van der Waals surface area contributed by atoms with Crippen LogP contribution < -0.4 is 0 Å². The third kappa shape index (κ3) is 2.41. The Labute approximate surface area is 86.8 Å². The molecule has 0 aliphatic carbocycles. The first-order chi connectivity index (χ1) is 6.54. The molecule has 0 aliphatic rings. The van der Waals surface area contributed by atoms with Crippen molar-refractivity contribution in [2.45, 2.75) is 30.9 Å². The molecule has 0 saturated carbocycles. The fourth-order valence-corrected chi connectivity index (χ4v) is 2.42. The average molecular weight is 214 g/mol. The van der Waals surface area contributed by atoms with E-state index in [4.69, 9.17) is 0 Å². The van der Waals surface area contributed by atoms with Crippen molar-refractivity contribution >= 4 is 10.8 Å². The van der Waals surface area contributed by atoms with Crippen LogP contribution in [-0.2, 0) is 10.8 Å². The second-order valence-electron chi connectivity index (χ2n) is 3.68. The van der Waals surface area contributed by atoms with Gasteiger partial charge in [0.25, 0.3) is 0 Å². The molecule has 2 atom stereocenters. The summed E-state index contributed by atoms with van der Waals surface area (Å²) in [5.74, 6) is -0.0891. The summed E-state index contributed by atoms with van der Waals surface area (Å²) >= 11 is 0. The number of benzene rings is 1. The highest BCUT2D eigenvalue weighted by atomic mass is 32.2. The largest absolute Gasteiger partial charge is 0.254 e. The van der Waals surface area contributed by atoms with Gasteiger partial charge in [-0.15, -0.1) is 0 Å². The lowest BCUT2D eigenvalue weighted by Gasteiger charge is -2.15. The maximum Gasteiger partial charge on any atom is 0.139 e. The normalized spacial score (nSPS) is 15.5. The van der Waals surface area contributed by atoms with Crippen LogP contribution in [0.1, 0.15) is 20.8 Å². The molecule has 2 unspecified atom stereocenters. The first kappa shape index (κ1) is 11.4. The van der Waals surface area contributed by atoms with Gasteiger partial charge in [0.05, 0.1) is 15.7 Å². The molecule has 3 heteroatoms. The molecule has 0 aliphatic heterocycles. The van der Waals surface area contributed by atoms with Crippen LogP contribution in [0, 0.1) is 11.7 Å². The van der Waals surface area contributed by atoms with E-state index in [2.05, 4.69) is 0 Å². The summed E-state index contributed by atoms with van der Waals surface area (Å²) in [6.07, 6.45) is 0. The second-order valence-corrected chi connectivity index (χ2v) is 5.46. The van der Waals surface area contributed by atoms with Crippen molar-refractivity contribution in [1.82, 2.24) is 0 Å². The topological polar surface area (TPSA) is 17.1 Å². The van der Waals surface area contributed by atoms with Crippen molar-refractivity contribution in [3.8, 4) is 0 Å². The predicted molar refractivity (Wildman–Crippen MR) is 57.1 cm³/mol. The Morgan fingerprint density at radius 2 is 1.79 bits per heavy atom. The summed E-state index contributed by atoms with van der Waals surface area (Å²) in [4.78, 5) is 0.314. The lowest BCUT2D eigenvalue weighted by molar-refractivity contribution is 0.579. The Kier molecular flexibility index (Phi) is 3.81. The average Bonchev–Trinajstić information content (AvgIpc) is 2.16. The zero-order valence-electron chi connectivity index (χ0n) is 8.66. The Balaban J connectivity index is 2.95. The van der Waals surface area contributed by atoms with Gasteiger partial charge in [-0.3, -0.25) is 4.21 Å². The Hall–Kier alpha value is -0.700.